The summed E-state index contributed by atoms with van der Waals surface area (Å²) in [7, 11) is 0. The first-order valence-corrected chi connectivity index (χ1v) is 7.59. The fraction of sp³-hybridized carbons (Fsp3) is 0.846. The molecule has 4 nitrogen and oxygen atoms in total. The van der Waals surface area contributed by atoms with E-state index >= 15 is 0 Å². The molecule has 0 heterocycles. The highest BCUT2D eigenvalue weighted by Gasteiger charge is 2.44. The third kappa shape index (κ3) is 5.76. The Hall–Kier alpha value is -0.920. The van der Waals surface area contributed by atoms with Crippen molar-refractivity contribution in [3.8, 4) is 0 Å². The van der Waals surface area contributed by atoms with Crippen molar-refractivity contribution in [2.75, 3.05) is 5.75 Å². The van der Waals surface area contributed by atoms with Gasteiger partial charge in [-0.05, 0) is 12.3 Å². The van der Waals surface area contributed by atoms with Gasteiger partial charge in [0.25, 0.3) is 0 Å². The molecular weight excluding hydrogens is 307 g/mol. The molecular formula is C13H20F3NO3S. The summed E-state index contributed by atoms with van der Waals surface area (Å²) in [6.45, 7) is 0. The number of carboxylic acids is 1. The van der Waals surface area contributed by atoms with Crippen LogP contribution in [0.15, 0.2) is 0 Å². The zero-order chi connectivity index (χ0) is 16.0. The fourth-order valence-electron chi connectivity index (χ4n) is 2.59. The minimum Gasteiger partial charge on any atom is -0.480 e. The van der Waals surface area contributed by atoms with E-state index in [1.54, 1.807) is 0 Å². The first-order valence-electron chi connectivity index (χ1n) is 6.96. The fourth-order valence-corrected chi connectivity index (χ4v) is 2.96. The summed E-state index contributed by atoms with van der Waals surface area (Å²) in [5.74, 6) is -5.46. The number of carboxylic acid groups (broad SMARTS) is 1. The van der Waals surface area contributed by atoms with Crippen LogP contribution in [0.3, 0.4) is 0 Å². The molecule has 21 heavy (non-hydrogen) atoms. The Bertz CT molecular complexity index is 370. The van der Waals surface area contributed by atoms with Crippen LogP contribution < -0.4 is 5.32 Å². The Morgan fingerprint density at radius 2 is 1.81 bits per heavy atom. The standard InChI is InChI=1S/C13H20F3NO3S/c14-13(15,16)9(7-21)11(18)17-10(12(19)20)6-8-4-2-1-3-5-8/h8-10,21H,1-7H2,(H,17,18)(H,19,20). The molecule has 0 radical (unpaired) electrons. The number of hydrogen-bond donors (Lipinski definition) is 3. The van der Waals surface area contributed by atoms with Gasteiger partial charge in [0.1, 0.15) is 12.0 Å². The van der Waals surface area contributed by atoms with Gasteiger partial charge in [-0.25, -0.2) is 4.79 Å². The zero-order valence-corrected chi connectivity index (χ0v) is 12.4. The van der Waals surface area contributed by atoms with Crippen LogP contribution in [0.2, 0.25) is 0 Å². The third-order valence-corrected chi connectivity index (χ3v) is 4.17. The molecule has 1 fully saturated rings. The number of carbonyl (C=O) groups is 2. The van der Waals surface area contributed by atoms with Gasteiger partial charge in [-0.2, -0.15) is 25.8 Å². The number of thiol groups is 1. The van der Waals surface area contributed by atoms with E-state index in [-0.39, 0.29) is 12.3 Å². The Morgan fingerprint density at radius 1 is 1.24 bits per heavy atom. The van der Waals surface area contributed by atoms with Crippen LogP contribution in [0.1, 0.15) is 38.5 Å². The maximum Gasteiger partial charge on any atom is 0.401 e. The number of hydrogen-bond acceptors (Lipinski definition) is 3. The van der Waals surface area contributed by atoms with E-state index in [9.17, 15) is 22.8 Å². The zero-order valence-electron chi connectivity index (χ0n) is 11.5. The predicted octanol–water partition coefficient (Wildman–Crippen LogP) is 2.63. The number of carbonyl (C=O) groups excluding carboxylic acids is 1. The van der Waals surface area contributed by atoms with Gasteiger partial charge in [-0.3, -0.25) is 4.79 Å². The Balaban J connectivity index is 2.64. The molecule has 1 rings (SSSR count). The van der Waals surface area contributed by atoms with Crippen molar-refractivity contribution in [1.82, 2.24) is 5.32 Å². The lowest BCUT2D eigenvalue weighted by Gasteiger charge is -2.26. The van der Waals surface area contributed by atoms with E-state index in [2.05, 4.69) is 12.6 Å². The lowest BCUT2D eigenvalue weighted by molar-refractivity contribution is -0.179. The minimum atomic E-state index is -4.72. The summed E-state index contributed by atoms with van der Waals surface area (Å²) in [4.78, 5) is 22.8. The lowest BCUT2D eigenvalue weighted by atomic mass is 9.84. The maximum absolute atomic E-state index is 12.6. The van der Waals surface area contributed by atoms with Crippen LogP contribution in [0.25, 0.3) is 0 Å². The minimum absolute atomic E-state index is 0.139. The average molecular weight is 327 g/mol. The Kier molecular flexibility index (Phi) is 6.83. The van der Waals surface area contributed by atoms with Crippen LogP contribution >= 0.6 is 12.6 Å². The summed E-state index contributed by atoms with van der Waals surface area (Å²) in [5.41, 5.74) is 0. The van der Waals surface area contributed by atoms with Gasteiger partial charge in [-0.15, -0.1) is 0 Å². The van der Waals surface area contributed by atoms with Crippen LogP contribution in [-0.2, 0) is 9.59 Å². The predicted molar refractivity (Wildman–Crippen MR) is 74.2 cm³/mol. The van der Waals surface area contributed by atoms with Crippen molar-refractivity contribution in [2.45, 2.75) is 50.7 Å². The lowest BCUT2D eigenvalue weighted by Crippen LogP contribution is -2.48. The molecule has 1 aliphatic rings. The molecule has 0 aromatic carbocycles. The average Bonchev–Trinajstić information content (AvgIpc) is 2.38. The van der Waals surface area contributed by atoms with Crippen molar-refractivity contribution in [2.24, 2.45) is 11.8 Å². The summed E-state index contributed by atoms with van der Waals surface area (Å²) >= 11 is 3.53. The molecule has 0 saturated heterocycles. The number of halogens is 3. The van der Waals surface area contributed by atoms with E-state index < -0.39 is 35.8 Å². The summed E-state index contributed by atoms with van der Waals surface area (Å²) < 4.78 is 37.9. The normalized spacial score (nSPS) is 19.8. The first kappa shape index (κ1) is 18.1. The van der Waals surface area contributed by atoms with Crippen LogP contribution in [0.5, 0.6) is 0 Å². The van der Waals surface area contributed by atoms with Crippen molar-refractivity contribution in [3.05, 3.63) is 0 Å². The number of rotatable bonds is 6. The topological polar surface area (TPSA) is 66.4 Å². The van der Waals surface area contributed by atoms with Gasteiger partial charge in [-0.1, -0.05) is 32.1 Å². The van der Waals surface area contributed by atoms with Gasteiger partial charge in [0.15, 0.2) is 0 Å². The second-order valence-electron chi connectivity index (χ2n) is 5.42. The quantitative estimate of drug-likeness (QED) is 0.657. The Morgan fingerprint density at radius 3 is 2.24 bits per heavy atom. The van der Waals surface area contributed by atoms with Crippen molar-refractivity contribution >= 4 is 24.5 Å². The molecule has 0 spiro atoms. The van der Waals surface area contributed by atoms with E-state index in [4.69, 9.17) is 5.11 Å². The van der Waals surface area contributed by atoms with Crippen molar-refractivity contribution in [3.63, 3.8) is 0 Å². The largest absolute Gasteiger partial charge is 0.480 e. The molecule has 1 aliphatic carbocycles. The second-order valence-corrected chi connectivity index (χ2v) is 5.78. The Labute approximate surface area is 126 Å². The van der Waals surface area contributed by atoms with Crippen molar-refractivity contribution < 1.29 is 27.9 Å². The van der Waals surface area contributed by atoms with Gasteiger partial charge in [0, 0.05) is 5.75 Å². The monoisotopic (exact) mass is 327 g/mol. The molecule has 0 aromatic heterocycles. The molecule has 1 saturated carbocycles. The van der Waals surface area contributed by atoms with Gasteiger partial charge in [0.2, 0.25) is 5.91 Å². The van der Waals surface area contributed by atoms with E-state index in [0.717, 1.165) is 32.1 Å². The van der Waals surface area contributed by atoms with Gasteiger partial charge < -0.3 is 10.4 Å². The number of aliphatic carboxylic acids is 1. The molecule has 122 valence electrons. The maximum atomic E-state index is 12.6. The first-order chi connectivity index (χ1) is 9.75. The molecule has 8 heteroatoms. The van der Waals surface area contributed by atoms with E-state index in [1.165, 1.54) is 0 Å². The highest BCUT2D eigenvalue weighted by atomic mass is 32.1. The van der Waals surface area contributed by atoms with E-state index in [0.29, 0.717) is 0 Å². The summed E-state index contributed by atoms with van der Waals surface area (Å²) in [5, 5.41) is 11.1. The molecule has 0 aromatic rings. The number of amides is 1. The highest BCUT2D eigenvalue weighted by Crippen LogP contribution is 2.29. The molecule has 2 unspecified atom stereocenters. The molecule has 2 atom stereocenters. The molecule has 0 aliphatic heterocycles. The third-order valence-electron chi connectivity index (χ3n) is 3.80. The second kappa shape index (κ2) is 7.91. The summed E-state index contributed by atoms with van der Waals surface area (Å²) in [6.07, 6.45) is 0.248. The number of alkyl halides is 3. The molecule has 2 N–H and O–H groups in total. The van der Waals surface area contributed by atoms with Crippen LogP contribution in [-0.4, -0.2) is 35.0 Å². The molecule has 0 bridgehead atoms. The van der Waals surface area contributed by atoms with Gasteiger partial charge in [0.05, 0.1) is 0 Å². The molecule has 1 amide bonds. The van der Waals surface area contributed by atoms with E-state index in [1.807, 2.05) is 5.32 Å². The highest BCUT2D eigenvalue weighted by molar-refractivity contribution is 7.80. The summed E-state index contributed by atoms with van der Waals surface area (Å²) in [6, 6.07) is -1.27. The van der Waals surface area contributed by atoms with Crippen molar-refractivity contribution in [1.29, 1.82) is 0 Å². The number of nitrogens with one attached hydrogen (secondary N) is 1. The smallest absolute Gasteiger partial charge is 0.401 e. The van der Waals surface area contributed by atoms with Crippen LogP contribution in [0, 0.1) is 11.8 Å². The van der Waals surface area contributed by atoms with Gasteiger partial charge >= 0.3 is 12.1 Å². The SMILES string of the molecule is O=C(O)C(CC1CCCCC1)NC(=O)C(CS)C(F)(F)F. The van der Waals surface area contributed by atoms with Crippen LogP contribution in [0.4, 0.5) is 13.2 Å².